The third-order valence-corrected chi connectivity index (χ3v) is 7.92. The number of alkyl halides is 3. The van der Waals surface area contributed by atoms with Gasteiger partial charge in [0, 0.05) is 22.9 Å². The van der Waals surface area contributed by atoms with Gasteiger partial charge in [-0.05, 0) is 95.1 Å². The summed E-state index contributed by atoms with van der Waals surface area (Å²) in [5, 5.41) is 0.304. The molecule has 176 valence electrons. The molecule has 32 heavy (non-hydrogen) atoms. The highest BCUT2D eigenvalue weighted by Gasteiger charge is 2.38. The quantitative estimate of drug-likeness (QED) is 0.249. The van der Waals surface area contributed by atoms with Gasteiger partial charge in [0.05, 0.1) is 26.7 Å². The Balaban J connectivity index is 2.05. The second-order valence-electron chi connectivity index (χ2n) is 8.75. The molecule has 1 aliphatic heterocycles. The Bertz CT molecular complexity index is 1050. The lowest BCUT2D eigenvalue weighted by Crippen LogP contribution is -2.59. The first-order valence-corrected chi connectivity index (χ1v) is 12.5. The fourth-order valence-electron chi connectivity index (χ4n) is 3.78. The van der Waals surface area contributed by atoms with Crippen LogP contribution in [0.15, 0.2) is 15.3 Å². The molecule has 1 aromatic carbocycles. The van der Waals surface area contributed by atoms with Crippen LogP contribution in [0.2, 0.25) is 0 Å². The Labute approximate surface area is 214 Å². The third-order valence-electron chi connectivity index (χ3n) is 4.95. The van der Waals surface area contributed by atoms with Gasteiger partial charge >= 0.3 is 12.3 Å². The minimum absolute atomic E-state index is 0.0499. The van der Waals surface area contributed by atoms with Crippen LogP contribution in [0.1, 0.15) is 40.2 Å². The number of ether oxygens (including phenoxy) is 1. The molecule has 0 unspecified atom stereocenters. The molecule has 0 N–H and O–H groups in total. The molecule has 0 saturated carbocycles. The van der Waals surface area contributed by atoms with Crippen LogP contribution in [-0.4, -0.2) is 51.7 Å². The molecular formula is C20H22Br2F3IN4O2. The second-order valence-corrected chi connectivity index (χ2v) is 11.3. The van der Waals surface area contributed by atoms with Gasteiger partial charge in [-0.1, -0.05) is 0 Å². The zero-order valence-corrected chi connectivity index (χ0v) is 23.3. The van der Waals surface area contributed by atoms with Crippen molar-refractivity contribution in [3.63, 3.8) is 0 Å². The van der Waals surface area contributed by atoms with Crippen LogP contribution in [0.3, 0.4) is 0 Å². The Hall–Kier alpha value is -0.890. The number of fused-ring (bicyclic) bond motifs is 1. The number of carbonyl (C=O) groups excluding carboxylic acids is 1. The number of amides is 1. The first-order valence-electron chi connectivity index (χ1n) is 9.79. The molecule has 2 heterocycles. The molecule has 1 aromatic heterocycles. The predicted molar refractivity (Wildman–Crippen MR) is 132 cm³/mol. The van der Waals surface area contributed by atoms with Crippen molar-refractivity contribution in [2.24, 2.45) is 0 Å². The standard InChI is InChI=1S/C20H22Br2F3IN4O2/c1-9-7-29(8-10(2)30(9)18(31)32-19(3,4)5)16-11-6-12(20(23,24)25)13(21)14(26)15(11)27-17(22)28-16/h6,9-10H,7-8H2,1-5H3/t9-,10+. The minimum Gasteiger partial charge on any atom is -0.444 e. The van der Waals surface area contributed by atoms with E-state index < -0.39 is 23.4 Å². The van der Waals surface area contributed by atoms with Crippen LogP contribution in [0.4, 0.5) is 23.8 Å². The lowest BCUT2D eigenvalue weighted by Gasteiger charge is -2.45. The molecule has 0 bridgehead atoms. The van der Waals surface area contributed by atoms with Gasteiger partial charge in [0.2, 0.25) is 0 Å². The number of anilines is 1. The fourth-order valence-corrected chi connectivity index (χ4v) is 5.35. The van der Waals surface area contributed by atoms with Crippen molar-refractivity contribution in [3.8, 4) is 0 Å². The monoisotopic (exact) mass is 692 g/mol. The van der Waals surface area contributed by atoms with E-state index in [0.717, 1.165) is 6.07 Å². The first-order chi connectivity index (χ1) is 14.6. The molecule has 0 aliphatic carbocycles. The number of rotatable bonds is 1. The van der Waals surface area contributed by atoms with Crippen molar-refractivity contribution in [2.45, 2.75) is 58.5 Å². The highest BCUT2D eigenvalue weighted by atomic mass is 127. The third kappa shape index (κ3) is 5.26. The van der Waals surface area contributed by atoms with Crippen LogP contribution < -0.4 is 4.90 Å². The number of benzene rings is 1. The molecule has 1 aliphatic rings. The van der Waals surface area contributed by atoms with Crippen molar-refractivity contribution >= 4 is 77.3 Å². The zero-order valence-electron chi connectivity index (χ0n) is 18.0. The van der Waals surface area contributed by atoms with Crippen LogP contribution in [-0.2, 0) is 10.9 Å². The summed E-state index contributed by atoms with van der Waals surface area (Å²) in [4.78, 5) is 25.0. The second kappa shape index (κ2) is 9.05. The van der Waals surface area contributed by atoms with E-state index in [0.29, 0.717) is 33.4 Å². The largest absolute Gasteiger partial charge is 0.444 e. The summed E-state index contributed by atoms with van der Waals surface area (Å²) in [6.45, 7) is 9.95. The van der Waals surface area contributed by atoms with Gasteiger partial charge in [0.15, 0.2) is 4.73 Å². The van der Waals surface area contributed by atoms with E-state index in [2.05, 4.69) is 41.8 Å². The summed E-state index contributed by atoms with van der Waals surface area (Å²) in [5.74, 6) is 0.389. The first kappa shape index (κ1) is 25.7. The van der Waals surface area contributed by atoms with E-state index in [-0.39, 0.29) is 21.3 Å². The van der Waals surface area contributed by atoms with Gasteiger partial charge in [-0.15, -0.1) is 0 Å². The van der Waals surface area contributed by atoms with Crippen LogP contribution >= 0.6 is 54.5 Å². The number of nitrogens with zero attached hydrogens (tertiary/aromatic N) is 4. The summed E-state index contributed by atoms with van der Waals surface area (Å²) < 4.78 is 47.1. The number of hydrogen-bond acceptors (Lipinski definition) is 5. The molecule has 1 amide bonds. The molecule has 6 nitrogen and oxygen atoms in total. The van der Waals surface area contributed by atoms with Gasteiger partial charge in [-0.2, -0.15) is 13.2 Å². The summed E-state index contributed by atoms with van der Waals surface area (Å²) in [6, 6.07) is 0.599. The highest BCUT2D eigenvalue weighted by molar-refractivity contribution is 14.1. The zero-order chi connectivity index (χ0) is 24.2. The van der Waals surface area contributed by atoms with Gasteiger partial charge < -0.3 is 9.64 Å². The van der Waals surface area contributed by atoms with Gasteiger partial charge in [-0.3, -0.25) is 4.90 Å². The molecule has 12 heteroatoms. The summed E-state index contributed by atoms with van der Waals surface area (Å²) in [5.41, 5.74) is -0.994. The molecule has 0 spiro atoms. The molecule has 3 rings (SSSR count). The fraction of sp³-hybridized carbons (Fsp3) is 0.550. The smallest absolute Gasteiger partial charge is 0.417 e. The highest BCUT2D eigenvalue weighted by Crippen LogP contribution is 2.42. The van der Waals surface area contributed by atoms with Crippen molar-refractivity contribution in [1.82, 2.24) is 14.9 Å². The van der Waals surface area contributed by atoms with Gasteiger partial charge in [0.25, 0.3) is 0 Å². The summed E-state index contributed by atoms with van der Waals surface area (Å²) >= 11 is 8.22. The Morgan fingerprint density at radius 3 is 2.22 bits per heavy atom. The minimum atomic E-state index is -4.53. The van der Waals surface area contributed by atoms with Gasteiger partial charge in [-0.25, -0.2) is 14.8 Å². The van der Waals surface area contributed by atoms with E-state index >= 15 is 0 Å². The molecule has 2 atom stereocenters. The van der Waals surface area contributed by atoms with Crippen LogP contribution in [0.5, 0.6) is 0 Å². The topological polar surface area (TPSA) is 58.6 Å². The molecule has 2 aromatic rings. The summed E-state index contributed by atoms with van der Waals surface area (Å²) in [6.07, 6.45) is -4.95. The van der Waals surface area contributed by atoms with E-state index in [1.165, 1.54) is 0 Å². The van der Waals surface area contributed by atoms with Crippen molar-refractivity contribution in [2.75, 3.05) is 18.0 Å². The SMILES string of the molecule is C[C@@H]1CN(c2nc(Br)nc3c(I)c(Br)c(C(F)(F)F)cc23)C[C@H](C)N1C(=O)OC(C)(C)C. The number of carbonyl (C=O) groups is 1. The Morgan fingerprint density at radius 2 is 1.72 bits per heavy atom. The predicted octanol–water partition coefficient (Wildman–Crippen LogP) is 6.61. The van der Waals surface area contributed by atoms with E-state index in [4.69, 9.17) is 4.74 Å². The normalized spacial score (nSPS) is 20.1. The number of halogens is 6. The van der Waals surface area contributed by atoms with Crippen LogP contribution in [0, 0.1) is 3.57 Å². The average Bonchev–Trinajstić information content (AvgIpc) is 2.61. The lowest BCUT2D eigenvalue weighted by molar-refractivity contribution is -0.138. The molecule has 1 fully saturated rings. The maximum absolute atomic E-state index is 13.7. The van der Waals surface area contributed by atoms with Crippen molar-refractivity contribution in [1.29, 1.82) is 0 Å². The van der Waals surface area contributed by atoms with E-state index in [1.807, 2.05) is 41.3 Å². The molecule has 0 radical (unpaired) electrons. The van der Waals surface area contributed by atoms with Gasteiger partial charge in [0.1, 0.15) is 11.4 Å². The summed E-state index contributed by atoms with van der Waals surface area (Å²) in [7, 11) is 0. The van der Waals surface area contributed by atoms with E-state index in [1.54, 1.807) is 25.7 Å². The molecule has 1 saturated heterocycles. The Morgan fingerprint density at radius 1 is 1.16 bits per heavy atom. The number of aromatic nitrogens is 2. The van der Waals surface area contributed by atoms with Crippen molar-refractivity contribution in [3.05, 3.63) is 24.4 Å². The van der Waals surface area contributed by atoms with Crippen LogP contribution in [0.25, 0.3) is 10.9 Å². The van der Waals surface area contributed by atoms with E-state index in [9.17, 15) is 18.0 Å². The lowest BCUT2D eigenvalue weighted by atomic mass is 10.1. The maximum Gasteiger partial charge on any atom is 0.417 e. The maximum atomic E-state index is 13.7. The average molecular weight is 694 g/mol. The van der Waals surface area contributed by atoms with Crippen molar-refractivity contribution < 1.29 is 22.7 Å². The molecular weight excluding hydrogens is 672 g/mol. The number of hydrogen-bond donors (Lipinski definition) is 0. The Kier molecular flexibility index (Phi) is 7.27. The number of piperazine rings is 1.